The maximum atomic E-state index is 12.2. The van der Waals surface area contributed by atoms with E-state index >= 15 is 0 Å². The number of unbranched alkanes of at least 4 members (excludes halogenated alkanes) is 3. The Morgan fingerprint density at radius 2 is 2.13 bits per heavy atom. The highest BCUT2D eigenvalue weighted by Gasteiger charge is 2.33. The molecule has 1 aliphatic rings. The molecule has 0 radical (unpaired) electrons. The topological polar surface area (TPSA) is 41.6 Å². The van der Waals surface area contributed by atoms with Gasteiger partial charge < -0.3 is 15.0 Å². The molecule has 4 nitrogen and oxygen atoms in total. The van der Waals surface area contributed by atoms with Crippen LogP contribution in [0.2, 0.25) is 0 Å². The molecule has 1 rings (SSSR count). The van der Waals surface area contributed by atoms with Gasteiger partial charge in [0.05, 0.1) is 0 Å². The average molecular weight is 325 g/mol. The van der Waals surface area contributed by atoms with Gasteiger partial charge in [0.1, 0.15) is 5.60 Å². The van der Waals surface area contributed by atoms with Gasteiger partial charge in [-0.25, -0.2) is 4.79 Å². The molecule has 2 atom stereocenters. The van der Waals surface area contributed by atoms with E-state index in [9.17, 15) is 4.79 Å². The van der Waals surface area contributed by atoms with Crippen LogP contribution in [0.25, 0.3) is 0 Å². The molecule has 2 unspecified atom stereocenters. The molecule has 1 heterocycles. The standard InChI is InChI=1S/C19H36N2O2/c1-6-8-9-10-11-12-17(20-7-2)16-13-14-21(15-16)18(22)23-19(3,4)5/h6,16-17,20H,1,7-15H2,2-5H3. The number of carbonyl (C=O) groups excluding carboxylic acids is 1. The number of nitrogens with zero attached hydrogens (tertiary/aromatic N) is 1. The van der Waals surface area contributed by atoms with Crippen LogP contribution in [-0.4, -0.2) is 42.3 Å². The molecular formula is C19H36N2O2. The zero-order valence-corrected chi connectivity index (χ0v) is 15.6. The summed E-state index contributed by atoms with van der Waals surface area (Å²) in [6, 6.07) is 0.510. The van der Waals surface area contributed by atoms with Crippen LogP contribution in [0.15, 0.2) is 12.7 Å². The Hall–Kier alpha value is -1.03. The van der Waals surface area contributed by atoms with E-state index < -0.39 is 5.60 Å². The molecule has 0 aromatic carbocycles. The molecule has 1 amide bonds. The van der Waals surface area contributed by atoms with Gasteiger partial charge in [-0.05, 0) is 58.9 Å². The van der Waals surface area contributed by atoms with Crippen molar-refractivity contribution in [2.45, 2.75) is 77.9 Å². The molecule has 0 bridgehead atoms. The van der Waals surface area contributed by atoms with E-state index in [1.807, 2.05) is 31.7 Å². The quantitative estimate of drug-likeness (QED) is 0.506. The Kier molecular flexibility index (Phi) is 8.67. The van der Waals surface area contributed by atoms with Gasteiger partial charge in [0.2, 0.25) is 0 Å². The Morgan fingerprint density at radius 3 is 2.74 bits per heavy atom. The molecule has 0 spiro atoms. The van der Waals surface area contributed by atoms with Gasteiger partial charge in [0, 0.05) is 19.1 Å². The number of ether oxygens (including phenoxy) is 1. The van der Waals surface area contributed by atoms with Crippen LogP contribution in [0.5, 0.6) is 0 Å². The lowest BCUT2D eigenvalue weighted by molar-refractivity contribution is 0.0285. The minimum Gasteiger partial charge on any atom is -0.444 e. The van der Waals surface area contributed by atoms with Gasteiger partial charge in [0.25, 0.3) is 0 Å². The SMILES string of the molecule is C=CCCCCCC(NCC)C1CCN(C(=O)OC(C)(C)C)C1. The molecule has 1 fully saturated rings. The lowest BCUT2D eigenvalue weighted by Gasteiger charge is -2.26. The van der Waals surface area contributed by atoms with Gasteiger partial charge in [-0.15, -0.1) is 6.58 Å². The molecule has 0 aromatic rings. The second-order valence-corrected chi connectivity index (χ2v) is 7.57. The number of carbonyl (C=O) groups is 1. The molecule has 1 N–H and O–H groups in total. The fraction of sp³-hybridized carbons (Fsp3) is 0.842. The number of hydrogen-bond donors (Lipinski definition) is 1. The van der Waals surface area contributed by atoms with Gasteiger partial charge in [-0.1, -0.05) is 25.8 Å². The molecule has 0 aromatic heterocycles. The molecule has 1 saturated heterocycles. The van der Waals surface area contributed by atoms with Crippen molar-refractivity contribution in [2.75, 3.05) is 19.6 Å². The van der Waals surface area contributed by atoms with Crippen LogP contribution in [-0.2, 0) is 4.74 Å². The third kappa shape index (κ3) is 7.87. The lowest BCUT2D eigenvalue weighted by atomic mass is 9.93. The van der Waals surface area contributed by atoms with Crippen molar-refractivity contribution in [3.8, 4) is 0 Å². The normalized spacial score (nSPS) is 19.7. The first kappa shape index (κ1) is 20.0. The van der Waals surface area contributed by atoms with Crippen molar-refractivity contribution in [2.24, 2.45) is 5.92 Å². The number of allylic oxidation sites excluding steroid dienone is 1. The molecule has 4 heteroatoms. The first-order valence-corrected chi connectivity index (χ1v) is 9.19. The van der Waals surface area contributed by atoms with Crippen LogP contribution >= 0.6 is 0 Å². The molecule has 134 valence electrons. The van der Waals surface area contributed by atoms with Crippen LogP contribution < -0.4 is 5.32 Å². The monoisotopic (exact) mass is 324 g/mol. The predicted molar refractivity (Wildman–Crippen MR) is 96.7 cm³/mol. The summed E-state index contributed by atoms with van der Waals surface area (Å²) in [5.74, 6) is 0.543. The fourth-order valence-corrected chi connectivity index (χ4v) is 3.20. The van der Waals surface area contributed by atoms with Crippen molar-refractivity contribution in [3.05, 3.63) is 12.7 Å². The number of amides is 1. The largest absolute Gasteiger partial charge is 0.444 e. The van der Waals surface area contributed by atoms with E-state index in [2.05, 4.69) is 18.8 Å². The lowest BCUT2D eigenvalue weighted by Crippen LogP contribution is -2.40. The van der Waals surface area contributed by atoms with Crippen molar-refractivity contribution < 1.29 is 9.53 Å². The highest BCUT2D eigenvalue weighted by molar-refractivity contribution is 5.68. The number of rotatable bonds is 9. The van der Waals surface area contributed by atoms with E-state index in [1.165, 1.54) is 25.7 Å². The number of nitrogens with one attached hydrogen (secondary N) is 1. The smallest absolute Gasteiger partial charge is 0.410 e. The first-order valence-electron chi connectivity index (χ1n) is 9.19. The van der Waals surface area contributed by atoms with Gasteiger partial charge in [-0.3, -0.25) is 0 Å². The Morgan fingerprint density at radius 1 is 1.39 bits per heavy atom. The van der Waals surface area contributed by atoms with E-state index in [-0.39, 0.29) is 6.09 Å². The molecule has 23 heavy (non-hydrogen) atoms. The fourth-order valence-electron chi connectivity index (χ4n) is 3.20. The summed E-state index contributed by atoms with van der Waals surface area (Å²) in [5.41, 5.74) is -0.415. The summed E-state index contributed by atoms with van der Waals surface area (Å²) >= 11 is 0. The van der Waals surface area contributed by atoms with Gasteiger partial charge in [-0.2, -0.15) is 0 Å². The zero-order valence-electron chi connectivity index (χ0n) is 15.6. The van der Waals surface area contributed by atoms with Gasteiger partial charge >= 0.3 is 6.09 Å². The highest BCUT2D eigenvalue weighted by atomic mass is 16.6. The first-order chi connectivity index (χ1) is 10.9. The molecule has 0 saturated carbocycles. The Balaban J connectivity index is 2.42. The summed E-state index contributed by atoms with van der Waals surface area (Å²) < 4.78 is 5.49. The summed E-state index contributed by atoms with van der Waals surface area (Å²) in [4.78, 5) is 14.1. The second kappa shape index (κ2) is 9.96. The van der Waals surface area contributed by atoms with E-state index in [0.29, 0.717) is 12.0 Å². The van der Waals surface area contributed by atoms with Crippen molar-refractivity contribution >= 4 is 6.09 Å². The minimum absolute atomic E-state index is 0.166. The molecule has 1 aliphatic heterocycles. The van der Waals surface area contributed by atoms with Crippen LogP contribution in [0.1, 0.15) is 66.2 Å². The summed E-state index contributed by atoms with van der Waals surface area (Å²) in [7, 11) is 0. The second-order valence-electron chi connectivity index (χ2n) is 7.57. The highest BCUT2D eigenvalue weighted by Crippen LogP contribution is 2.25. The van der Waals surface area contributed by atoms with Crippen LogP contribution in [0.3, 0.4) is 0 Å². The summed E-state index contributed by atoms with van der Waals surface area (Å²) in [6.45, 7) is 14.3. The molecule has 0 aliphatic carbocycles. The molecular weight excluding hydrogens is 288 g/mol. The van der Waals surface area contributed by atoms with E-state index in [0.717, 1.165) is 32.5 Å². The van der Waals surface area contributed by atoms with Crippen molar-refractivity contribution in [1.82, 2.24) is 10.2 Å². The van der Waals surface area contributed by atoms with Crippen LogP contribution in [0, 0.1) is 5.92 Å². The van der Waals surface area contributed by atoms with Crippen molar-refractivity contribution in [1.29, 1.82) is 0 Å². The van der Waals surface area contributed by atoms with E-state index in [4.69, 9.17) is 4.74 Å². The zero-order chi connectivity index (χ0) is 17.3. The van der Waals surface area contributed by atoms with Crippen molar-refractivity contribution in [3.63, 3.8) is 0 Å². The number of likely N-dealkylation sites (tertiary alicyclic amines) is 1. The summed E-state index contributed by atoms with van der Waals surface area (Å²) in [5, 5.41) is 3.62. The number of hydrogen-bond acceptors (Lipinski definition) is 3. The van der Waals surface area contributed by atoms with Crippen LogP contribution in [0.4, 0.5) is 4.79 Å². The maximum Gasteiger partial charge on any atom is 0.410 e. The Bertz CT molecular complexity index is 363. The van der Waals surface area contributed by atoms with Gasteiger partial charge in [0.15, 0.2) is 0 Å². The summed E-state index contributed by atoms with van der Waals surface area (Å²) in [6.07, 6.45) is 8.95. The average Bonchev–Trinajstić information content (AvgIpc) is 2.94. The predicted octanol–water partition coefficient (Wildman–Crippen LogP) is 4.36. The third-order valence-corrected chi connectivity index (χ3v) is 4.34. The minimum atomic E-state index is -0.415. The third-order valence-electron chi connectivity index (χ3n) is 4.34. The van der Waals surface area contributed by atoms with E-state index in [1.54, 1.807) is 0 Å². The Labute approximate surface area is 142 Å². The maximum absolute atomic E-state index is 12.2.